The van der Waals surface area contributed by atoms with Gasteiger partial charge in [0, 0.05) is 12.1 Å². The molecule has 0 aliphatic heterocycles. The molecular formula is C11H10FNO2. The average Bonchev–Trinajstić information content (AvgIpc) is 2.17. The van der Waals surface area contributed by atoms with E-state index in [-0.39, 0.29) is 12.8 Å². The molecule has 3 N–H and O–H groups in total. The number of anilines is 1. The number of aliphatic carboxylic acids is 1. The van der Waals surface area contributed by atoms with Crippen molar-refractivity contribution in [3.05, 3.63) is 29.6 Å². The summed E-state index contributed by atoms with van der Waals surface area (Å²) in [6.45, 7) is 0. The summed E-state index contributed by atoms with van der Waals surface area (Å²) in [5.41, 5.74) is 6.32. The van der Waals surface area contributed by atoms with Gasteiger partial charge in [-0.25, -0.2) is 4.39 Å². The van der Waals surface area contributed by atoms with Crippen LogP contribution < -0.4 is 5.73 Å². The minimum absolute atomic E-state index is 0.0256. The Morgan fingerprint density at radius 3 is 2.93 bits per heavy atom. The summed E-state index contributed by atoms with van der Waals surface area (Å²) in [4.78, 5) is 10.2. The monoisotopic (exact) mass is 207 g/mol. The summed E-state index contributed by atoms with van der Waals surface area (Å²) >= 11 is 0. The zero-order valence-electron chi connectivity index (χ0n) is 7.96. The van der Waals surface area contributed by atoms with Crippen LogP contribution in [-0.2, 0) is 4.79 Å². The SMILES string of the molecule is Nc1ccc(F)cc1C#CCCC(=O)O. The first-order valence-electron chi connectivity index (χ1n) is 4.35. The molecule has 0 heterocycles. The number of benzene rings is 1. The summed E-state index contributed by atoms with van der Waals surface area (Å²) < 4.78 is 12.8. The Morgan fingerprint density at radius 2 is 2.27 bits per heavy atom. The minimum atomic E-state index is -0.906. The first-order chi connectivity index (χ1) is 7.09. The van der Waals surface area contributed by atoms with E-state index in [9.17, 15) is 9.18 Å². The molecule has 1 aromatic carbocycles. The van der Waals surface area contributed by atoms with E-state index < -0.39 is 11.8 Å². The Kier molecular flexibility index (Phi) is 3.69. The van der Waals surface area contributed by atoms with E-state index in [4.69, 9.17) is 10.8 Å². The normalized spacial score (nSPS) is 9.13. The largest absolute Gasteiger partial charge is 0.481 e. The van der Waals surface area contributed by atoms with Crippen molar-refractivity contribution in [1.29, 1.82) is 0 Å². The highest BCUT2D eigenvalue weighted by Crippen LogP contribution is 2.11. The smallest absolute Gasteiger partial charge is 0.304 e. The molecule has 3 nitrogen and oxygen atoms in total. The Labute approximate surface area is 86.7 Å². The van der Waals surface area contributed by atoms with E-state index in [1.807, 2.05) is 0 Å². The topological polar surface area (TPSA) is 63.3 Å². The van der Waals surface area contributed by atoms with E-state index in [2.05, 4.69) is 11.8 Å². The molecule has 0 aliphatic rings. The molecule has 0 amide bonds. The molecule has 4 heteroatoms. The van der Waals surface area contributed by atoms with Crippen molar-refractivity contribution in [1.82, 2.24) is 0 Å². The number of carboxylic acids is 1. The highest BCUT2D eigenvalue weighted by Gasteiger charge is 1.97. The molecule has 0 aromatic heterocycles. The standard InChI is InChI=1S/C11H10FNO2/c12-9-5-6-10(13)8(7-9)3-1-2-4-11(14)15/h5-7H,2,4,13H2,(H,14,15). The van der Waals surface area contributed by atoms with Crippen LogP contribution in [0.25, 0.3) is 0 Å². The van der Waals surface area contributed by atoms with Gasteiger partial charge in [0.15, 0.2) is 0 Å². The highest BCUT2D eigenvalue weighted by atomic mass is 19.1. The quantitative estimate of drug-likeness (QED) is 0.572. The van der Waals surface area contributed by atoms with Gasteiger partial charge in [-0.15, -0.1) is 0 Å². The summed E-state index contributed by atoms with van der Waals surface area (Å²) in [7, 11) is 0. The second-order valence-electron chi connectivity index (χ2n) is 2.93. The zero-order valence-corrected chi connectivity index (χ0v) is 7.96. The van der Waals surface area contributed by atoms with Crippen LogP contribution >= 0.6 is 0 Å². The Bertz CT molecular complexity index is 432. The van der Waals surface area contributed by atoms with Crippen molar-refractivity contribution >= 4 is 11.7 Å². The summed E-state index contributed by atoms with van der Waals surface area (Å²) in [6.07, 6.45) is 0.202. The van der Waals surface area contributed by atoms with Crippen molar-refractivity contribution < 1.29 is 14.3 Å². The lowest BCUT2D eigenvalue weighted by molar-refractivity contribution is -0.136. The number of rotatable bonds is 2. The third-order valence-corrected chi connectivity index (χ3v) is 1.70. The number of carbonyl (C=O) groups is 1. The minimum Gasteiger partial charge on any atom is -0.481 e. The number of nitrogen functional groups attached to an aromatic ring is 1. The number of hydrogen-bond donors (Lipinski definition) is 2. The van der Waals surface area contributed by atoms with Gasteiger partial charge in [-0.1, -0.05) is 11.8 Å². The van der Waals surface area contributed by atoms with Gasteiger partial charge in [0.05, 0.1) is 12.0 Å². The van der Waals surface area contributed by atoms with Crippen LogP contribution in [0.2, 0.25) is 0 Å². The van der Waals surface area contributed by atoms with Gasteiger partial charge in [-0.2, -0.15) is 0 Å². The molecule has 78 valence electrons. The zero-order chi connectivity index (χ0) is 11.3. The van der Waals surface area contributed by atoms with Gasteiger partial charge >= 0.3 is 5.97 Å². The van der Waals surface area contributed by atoms with E-state index in [0.717, 1.165) is 0 Å². The molecule has 1 rings (SSSR count). The first-order valence-corrected chi connectivity index (χ1v) is 4.35. The molecule has 0 aliphatic carbocycles. The lowest BCUT2D eigenvalue weighted by Crippen LogP contribution is -1.93. The molecule has 0 fully saturated rings. The van der Waals surface area contributed by atoms with Gasteiger partial charge in [-0.05, 0) is 18.2 Å². The third-order valence-electron chi connectivity index (χ3n) is 1.70. The predicted molar refractivity (Wildman–Crippen MR) is 54.6 cm³/mol. The fourth-order valence-corrected chi connectivity index (χ4v) is 0.964. The second kappa shape index (κ2) is 5.01. The van der Waals surface area contributed by atoms with Gasteiger partial charge in [0.2, 0.25) is 0 Å². The fraction of sp³-hybridized carbons (Fsp3) is 0.182. The van der Waals surface area contributed by atoms with Crippen LogP contribution in [0.15, 0.2) is 18.2 Å². The van der Waals surface area contributed by atoms with Gasteiger partial charge in [0.1, 0.15) is 5.82 Å². The fourth-order valence-electron chi connectivity index (χ4n) is 0.964. The molecule has 0 saturated heterocycles. The summed E-state index contributed by atoms with van der Waals surface area (Å²) in [5.74, 6) is 3.94. The van der Waals surface area contributed by atoms with Crippen LogP contribution in [-0.4, -0.2) is 11.1 Å². The van der Waals surface area contributed by atoms with Crippen LogP contribution in [0.5, 0.6) is 0 Å². The second-order valence-corrected chi connectivity index (χ2v) is 2.93. The van der Waals surface area contributed by atoms with E-state index in [1.165, 1.54) is 18.2 Å². The number of nitrogens with two attached hydrogens (primary N) is 1. The van der Waals surface area contributed by atoms with E-state index in [0.29, 0.717) is 11.3 Å². The first kappa shape index (κ1) is 11.1. The lowest BCUT2D eigenvalue weighted by atomic mass is 10.1. The van der Waals surface area contributed by atoms with Crippen LogP contribution in [0.3, 0.4) is 0 Å². The van der Waals surface area contributed by atoms with E-state index >= 15 is 0 Å². The molecular weight excluding hydrogens is 197 g/mol. The summed E-state index contributed by atoms with van der Waals surface area (Å²) in [6, 6.07) is 3.90. The maximum Gasteiger partial charge on any atom is 0.304 e. The molecule has 1 aromatic rings. The van der Waals surface area contributed by atoms with Gasteiger partial charge < -0.3 is 10.8 Å². The highest BCUT2D eigenvalue weighted by molar-refractivity contribution is 5.67. The van der Waals surface area contributed by atoms with Crippen molar-refractivity contribution in [2.24, 2.45) is 0 Å². The molecule has 0 unspecified atom stereocenters. The van der Waals surface area contributed by atoms with Crippen molar-refractivity contribution in [3.63, 3.8) is 0 Å². The molecule has 0 spiro atoms. The predicted octanol–water partition coefficient (Wildman–Crippen LogP) is 1.62. The number of carboxylic acid groups (broad SMARTS) is 1. The van der Waals surface area contributed by atoms with Crippen molar-refractivity contribution in [2.45, 2.75) is 12.8 Å². The van der Waals surface area contributed by atoms with Gasteiger partial charge in [0.25, 0.3) is 0 Å². The molecule has 0 atom stereocenters. The summed E-state index contributed by atoms with van der Waals surface area (Å²) in [5, 5.41) is 8.36. The Balaban J connectivity index is 2.71. The van der Waals surface area contributed by atoms with Crippen LogP contribution in [0.1, 0.15) is 18.4 Å². The van der Waals surface area contributed by atoms with Crippen LogP contribution in [0, 0.1) is 17.7 Å². The lowest BCUT2D eigenvalue weighted by Gasteiger charge is -1.96. The molecule has 0 radical (unpaired) electrons. The maximum atomic E-state index is 12.8. The average molecular weight is 207 g/mol. The van der Waals surface area contributed by atoms with Crippen LogP contribution in [0.4, 0.5) is 10.1 Å². The molecule has 0 saturated carbocycles. The number of halogens is 1. The Hall–Kier alpha value is -2.02. The van der Waals surface area contributed by atoms with Crippen molar-refractivity contribution in [3.8, 4) is 11.8 Å². The molecule has 15 heavy (non-hydrogen) atoms. The number of hydrogen-bond acceptors (Lipinski definition) is 2. The van der Waals surface area contributed by atoms with Gasteiger partial charge in [-0.3, -0.25) is 4.79 Å². The van der Waals surface area contributed by atoms with Crippen molar-refractivity contribution in [2.75, 3.05) is 5.73 Å². The molecule has 0 bridgehead atoms. The van der Waals surface area contributed by atoms with E-state index in [1.54, 1.807) is 0 Å². The Morgan fingerprint density at radius 1 is 1.53 bits per heavy atom. The third kappa shape index (κ3) is 3.69. The maximum absolute atomic E-state index is 12.8.